The summed E-state index contributed by atoms with van der Waals surface area (Å²) in [6, 6.07) is 5.67. The minimum Gasteiger partial charge on any atom is -0.394 e. The van der Waals surface area contributed by atoms with E-state index in [4.69, 9.17) is 17.3 Å². The summed E-state index contributed by atoms with van der Waals surface area (Å²) in [6.45, 7) is 2.11. The van der Waals surface area contributed by atoms with Crippen molar-refractivity contribution in [2.45, 2.75) is 19.8 Å². The predicted molar refractivity (Wildman–Crippen MR) is 84.1 cm³/mol. The Morgan fingerprint density at radius 3 is 2.84 bits per heavy atom. The number of benzene rings is 1. The van der Waals surface area contributed by atoms with Crippen molar-refractivity contribution in [1.29, 1.82) is 0 Å². The van der Waals surface area contributed by atoms with Crippen molar-refractivity contribution in [2.75, 3.05) is 11.1 Å². The lowest BCUT2D eigenvalue weighted by Gasteiger charge is -2.08. The Morgan fingerprint density at radius 1 is 1.47 bits per heavy atom. The molecule has 0 bridgehead atoms. The van der Waals surface area contributed by atoms with Gasteiger partial charge in [0.05, 0.1) is 16.4 Å². The maximum absolute atomic E-state index is 6.12. The second kappa shape index (κ2) is 5.84. The van der Waals surface area contributed by atoms with E-state index in [1.54, 1.807) is 4.68 Å². The summed E-state index contributed by atoms with van der Waals surface area (Å²) in [5.74, 6) is 0.793. The fourth-order valence-corrected chi connectivity index (χ4v) is 2.30. The van der Waals surface area contributed by atoms with Crippen molar-refractivity contribution in [3.8, 4) is 0 Å². The van der Waals surface area contributed by atoms with Gasteiger partial charge in [-0.2, -0.15) is 5.10 Å². The van der Waals surface area contributed by atoms with Gasteiger partial charge < -0.3 is 11.1 Å². The van der Waals surface area contributed by atoms with E-state index in [-0.39, 0.29) is 0 Å². The molecular weight excluding hydrogens is 328 g/mol. The highest BCUT2D eigenvalue weighted by molar-refractivity contribution is 9.10. The maximum Gasteiger partial charge on any atom is 0.152 e. The third-order valence-electron chi connectivity index (χ3n) is 2.83. The summed E-state index contributed by atoms with van der Waals surface area (Å²) >= 11 is 9.44. The number of anilines is 3. The van der Waals surface area contributed by atoms with Crippen LogP contribution in [0.5, 0.6) is 0 Å². The number of nitrogens with two attached hydrogens (primary N) is 1. The van der Waals surface area contributed by atoms with Gasteiger partial charge in [0, 0.05) is 17.2 Å². The molecule has 102 valence electrons. The zero-order valence-electron chi connectivity index (χ0n) is 10.9. The van der Waals surface area contributed by atoms with E-state index in [2.05, 4.69) is 33.3 Å². The number of hydrogen-bond donors (Lipinski definition) is 2. The molecule has 0 fully saturated rings. The molecule has 0 saturated carbocycles. The zero-order valence-corrected chi connectivity index (χ0v) is 13.2. The van der Waals surface area contributed by atoms with Gasteiger partial charge in [-0.15, -0.1) is 0 Å². The van der Waals surface area contributed by atoms with Gasteiger partial charge in [0.25, 0.3) is 0 Å². The van der Waals surface area contributed by atoms with Gasteiger partial charge in [-0.1, -0.05) is 24.9 Å². The first-order valence-corrected chi connectivity index (χ1v) is 7.23. The van der Waals surface area contributed by atoms with Crippen LogP contribution in [0.4, 0.5) is 17.2 Å². The Bertz CT molecular complexity index is 595. The molecule has 6 heteroatoms. The molecule has 0 atom stereocenters. The molecule has 0 aliphatic heterocycles. The Kier molecular flexibility index (Phi) is 4.37. The molecule has 0 spiro atoms. The lowest BCUT2D eigenvalue weighted by Crippen LogP contribution is -2.01. The molecule has 1 aromatic carbocycles. The number of nitrogens with zero attached hydrogens (tertiary/aromatic N) is 2. The quantitative estimate of drug-likeness (QED) is 0.878. The molecule has 0 radical (unpaired) electrons. The third kappa shape index (κ3) is 3.04. The van der Waals surface area contributed by atoms with Crippen LogP contribution in [0.1, 0.15) is 19.0 Å². The predicted octanol–water partition coefficient (Wildman–Crippen LogP) is 4.11. The average molecular weight is 344 g/mol. The van der Waals surface area contributed by atoms with Gasteiger partial charge in [-0.05, 0) is 40.5 Å². The fourth-order valence-electron chi connectivity index (χ4n) is 1.88. The highest BCUT2D eigenvalue weighted by Crippen LogP contribution is 2.30. The number of rotatable bonds is 4. The Morgan fingerprint density at radius 2 is 2.21 bits per heavy atom. The van der Waals surface area contributed by atoms with E-state index in [0.717, 1.165) is 34.5 Å². The van der Waals surface area contributed by atoms with Crippen molar-refractivity contribution in [1.82, 2.24) is 9.78 Å². The summed E-state index contributed by atoms with van der Waals surface area (Å²) in [7, 11) is 1.87. The molecule has 0 saturated heterocycles. The summed E-state index contributed by atoms with van der Waals surface area (Å²) in [4.78, 5) is 0. The van der Waals surface area contributed by atoms with Crippen molar-refractivity contribution in [2.24, 2.45) is 7.05 Å². The first kappa shape index (κ1) is 14.2. The van der Waals surface area contributed by atoms with E-state index in [0.29, 0.717) is 10.7 Å². The van der Waals surface area contributed by atoms with Gasteiger partial charge >= 0.3 is 0 Å². The number of aryl methyl sites for hydroxylation is 2. The van der Waals surface area contributed by atoms with Crippen molar-refractivity contribution < 1.29 is 0 Å². The molecule has 2 rings (SSSR count). The molecular formula is C13H16BrClN4. The first-order chi connectivity index (χ1) is 9.02. The molecule has 1 heterocycles. The van der Waals surface area contributed by atoms with Crippen molar-refractivity contribution in [3.05, 3.63) is 33.4 Å². The molecule has 19 heavy (non-hydrogen) atoms. The number of hydrogen-bond acceptors (Lipinski definition) is 3. The molecule has 1 aromatic heterocycles. The zero-order chi connectivity index (χ0) is 14.0. The molecule has 0 aliphatic rings. The number of aromatic nitrogens is 2. The van der Waals surface area contributed by atoms with Gasteiger partial charge in [-0.25, -0.2) is 0 Å². The topological polar surface area (TPSA) is 55.9 Å². The Labute approximate surface area is 126 Å². The normalized spacial score (nSPS) is 10.7. The van der Waals surface area contributed by atoms with E-state index in [9.17, 15) is 0 Å². The largest absolute Gasteiger partial charge is 0.394 e. The van der Waals surface area contributed by atoms with E-state index in [1.807, 2.05) is 25.2 Å². The van der Waals surface area contributed by atoms with Crippen LogP contribution in [0.2, 0.25) is 5.02 Å². The monoisotopic (exact) mass is 342 g/mol. The van der Waals surface area contributed by atoms with Crippen LogP contribution < -0.4 is 11.1 Å². The Balaban J connectivity index is 2.30. The molecule has 3 N–H and O–H groups in total. The number of nitrogen functional groups attached to an aromatic ring is 1. The Hall–Kier alpha value is -1.20. The molecule has 0 amide bonds. The van der Waals surface area contributed by atoms with Gasteiger partial charge in [-0.3, -0.25) is 4.68 Å². The van der Waals surface area contributed by atoms with Gasteiger partial charge in [0.1, 0.15) is 0 Å². The van der Waals surface area contributed by atoms with Crippen molar-refractivity contribution >= 4 is 44.7 Å². The molecule has 0 aliphatic carbocycles. The SMILES string of the molecule is CCCc1nn(C)c(Nc2ccc(Br)c(Cl)c2)c1N. The standard InChI is InChI=1S/C13H16BrClN4/c1-3-4-11-12(16)13(19(2)18-11)17-8-5-6-9(14)10(15)7-8/h5-7,17H,3-4,16H2,1-2H3. The van der Waals surface area contributed by atoms with Gasteiger partial charge in [0.15, 0.2) is 5.82 Å². The van der Waals surface area contributed by atoms with Crippen molar-refractivity contribution in [3.63, 3.8) is 0 Å². The highest BCUT2D eigenvalue weighted by atomic mass is 79.9. The van der Waals surface area contributed by atoms with Crippen LogP contribution in [0.25, 0.3) is 0 Å². The van der Waals surface area contributed by atoms with E-state index < -0.39 is 0 Å². The van der Waals surface area contributed by atoms with Crippen LogP contribution in [-0.4, -0.2) is 9.78 Å². The summed E-state index contributed by atoms with van der Waals surface area (Å²) in [6.07, 6.45) is 1.90. The van der Waals surface area contributed by atoms with Crippen LogP contribution in [0.15, 0.2) is 22.7 Å². The van der Waals surface area contributed by atoms with E-state index in [1.165, 1.54) is 0 Å². The van der Waals surface area contributed by atoms with Gasteiger partial charge in [0.2, 0.25) is 0 Å². The molecule has 2 aromatic rings. The lowest BCUT2D eigenvalue weighted by atomic mass is 10.2. The second-order valence-electron chi connectivity index (χ2n) is 4.34. The highest BCUT2D eigenvalue weighted by Gasteiger charge is 2.13. The lowest BCUT2D eigenvalue weighted by molar-refractivity contribution is 0.740. The fraction of sp³-hybridized carbons (Fsp3) is 0.308. The molecule has 4 nitrogen and oxygen atoms in total. The summed E-state index contributed by atoms with van der Waals surface area (Å²) in [5.41, 5.74) is 8.62. The van der Waals surface area contributed by atoms with Crippen LogP contribution >= 0.6 is 27.5 Å². The molecule has 0 unspecified atom stereocenters. The maximum atomic E-state index is 6.12. The van der Waals surface area contributed by atoms with E-state index >= 15 is 0 Å². The van der Waals surface area contributed by atoms with Crippen LogP contribution in [0, 0.1) is 0 Å². The summed E-state index contributed by atoms with van der Waals surface area (Å²) in [5, 5.41) is 8.33. The number of nitrogens with one attached hydrogen (secondary N) is 1. The summed E-state index contributed by atoms with van der Waals surface area (Å²) < 4.78 is 2.63. The smallest absolute Gasteiger partial charge is 0.152 e. The number of halogens is 2. The average Bonchev–Trinajstić information content (AvgIpc) is 2.62. The van der Waals surface area contributed by atoms with Crippen LogP contribution in [-0.2, 0) is 13.5 Å². The minimum atomic E-state index is 0.652. The second-order valence-corrected chi connectivity index (χ2v) is 5.60. The first-order valence-electron chi connectivity index (χ1n) is 6.06. The van der Waals surface area contributed by atoms with Crippen LogP contribution in [0.3, 0.4) is 0 Å². The minimum absolute atomic E-state index is 0.652. The third-order valence-corrected chi connectivity index (χ3v) is 4.06.